The van der Waals surface area contributed by atoms with Crippen LogP contribution in [0.3, 0.4) is 0 Å². The molecule has 0 bridgehead atoms. The van der Waals surface area contributed by atoms with Crippen molar-refractivity contribution in [3.05, 3.63) is 35.4 Å². The molecule has 0 aliphatic heterocycles. The lowest BCUT2D eigenvalue weighted by molar-refractivity contribution is 0.143. The molecule has 102 valence electrons. The summed E-state index contributed by atoms with van der Waals surface area (Å²) in [6.45, 7) is 5.53. The summed E-state index contributed by atoms with van der Waals surface area (Å²) < 4.78 is 25.8. The molecule has 1 unspecified atom stereocenters. The predicted octanol–water partition coefficient (Wildman–Crippen LogP) is 2.66. The minimum atomic E-state index is -0.822. The minimum Gasteiger partial charge on any atom is -0.396 e. The van der Waals surface area contributed by atoms with E-state index in [1.807, 2.05) is 11.9 Å². The van der Waals surface area contributed by atoms with Crippen molar-refractivity contribution in [3.8, 4) is 0 Å². The maximum atomic E-state index is 13.1. The van der Waals surface area contributed by atoms with Crippen LogP contribution in [0.2, 0.25) is 0 Å². The van der Waals surface area contributed by atoms with Crippen molar-refractivity contribution in [3.63, 3.8) is 0 Å². The van der Waals surface area contributed by atoms with Crippen LogP contribution in [0.25, 0.3) is 0 Å². The van der Waals surface area contributed by atoms with Crippen molar-refractivity contribution >= 4 is 0 Å². The average Bonchev–Trinajstić information content (AvgIpc) is 2.30. The van der Waals surface area contributed by atoms with Crippen LogP contribution < -0.4 is 0 Å². The summed E-state index contributed by atoms with van der Waals surface area (Å²) in [5, 5.41) is 9.26. The first kappa shape index (κ1) is 15.1. The van der Waals surface area contributed by atoms with E-state index in [0.717, 1.165) is 18.2 Å². The van der Waals surface area contributed by atoms with E-state index in [0.29, 0.717) is 12.5 Å². The van der Waals surface area contributed by atoms with Gasteiger partial charge in [-0.15, -0.1) is 0 Å². The second-order valence-electron chi connectivity index (χ2n) is 5.13. The maximum Gasteiger partial charge on any atom is 0.159 e. The summed E-state index contributed by atoms with van der Waals surface area (Å²) in [5.74, 6) is -1.05. The van der Waals surface area contributed by atoms with E-state index in [2.05, 4.69) is 13.8 Å². The van der Waals surface area contributed by atoms with Gasteiger partial charge in [0.2, 0.25) is 0 Å². The molecule has 1 rings (SSSR count). The third-order valence-electron chi connectivity index (χ3n) is 3.16. The Morgan fingerprint density at radius 1 is 1.22 bits per heavy atom. The first-order valence-corrected chi connectivity index (χ1v) is 6.17. The summed E-state index contributed by atoms with van der Waals surface area (Å²) in [6.07, 6.45) is 0. The third-order valence-corrected chi connectivity index (χ3v) is 3.16. The van der Waals surface area contributed by atoms with Crippen molar-refractivity contribution < 1.29 is 13.9 Å². The Kier molecular flexibility index (Phi) is 5.69. The van der Waals surface area contributed by atoms with E-state index < -0.39 is 11.6 Å². The van der Waals surface area contributed by atoms with Gasteiger partial charge in [-0.1, -0.05) is 19.9 Å². The fourth-order valence-corrected chi connectivity index (χ4v) is 1.89. The molecule has 4 heteroatoms. The number of rotatable bonds is 6. The summed E-state index contributed by atoms with van der Waals surface area (Å²) in [6, 6.07) is 3.94. The highest BCUT2D eigenvalue weighted by atomic mass is 19.2. The van der Waals surface area contributed by atoms with Crippen molar-refractivity contribution in [1.29, 1.82) is 0 Å². The fraction of sp³-hybridized carbons (Fsp3) is 0.571. The first-order chi connectivity index (χ1) is 8.43. The van der Waals surface area contributed by atoms with Gasteiger partial charge in [-0.05, 0) is 36.6 Å². The van der Waals surface area contributed by atoms with Crippen molar-refractivity contribution in [2.24, 2.45) is 11.8 Å². The molecule has 0 amide bonds. The zero-order chi connectivity index (χ0) is 13.7. The molecule has 18 heavy (non-hydrogen) atoms. The van der Waals surface area contributed by atoms with Crippen LogP contribution in [-0.4, -0.2) is 30.2 Å². The van der Waals surface area contributed by atoms with Gasteiger partial charge in [-0.25, -0.2) is 8.78 Å². The Bertz CT molecular complexity index is 382. The largest absolute Gasteiger partial charge is 0.396 e. The number of benzene rings is 1. The van der Waals surface area contributed by atoms with Crippen LogP contribution in [-0.2, 0) is 6.54 Å². The monoisotopic (exact) mass is 257 g/mol. The van der Waals surface area contributed by atoms with E-state index >= 15 is 0 Å². The molecule has 2 nitrogen and oxygen atoms in total. The Labute approximate surface area is 107 Å². The van der Waals surface area contributed by atoms with Gasteiger partial charge < -0.3 is 10.0 Å². The van der Waals surface area contributed by atoms with Gasteiger partial charge in [0.15, 0.2) is 11.6 Å². The smallest absolute Gasteiger partial charge is 0.159 e. The van der Waals surface area contributed by atoms with Gasteiger partial charge in [-0.3, -0.25) is 0 Å². The molecule has 1 N–H and O–H groups in total. The first-order valence-electron chi connectivity index (χ1n) is 6.17. The molecule has 0 aliphatic carbocycles. The molecular formula is C14H21F2NO. The normalized spacial score (nSPS) is 13.3. The lowest BCUT2D eigenvalue weighted by Gasteiger charge is -2.25. The van der Waals surface area contributed by atoms with E-state index in [9.17, 15) is 13.9 Å². The molecule has 0 heterocycles. The average molecular weight is 257 g/mol. The molecule has 1 aromatic rings. The Morgan fingerprint density at radius 3 is 2.39 bits per heavy atom. The molecule has 0 saturated carbocycles. The maximum absolute atomic E-state index is 13.1. The van der Waals surface area contributed by atoms with E-state index in [4.69, 9.17) is 0 Å². The van der Waals surface area contributed by atoms with Crippen LogP contribution in [0.5, 0.6) is 0 Å². The van der Waals surface area contributed by atoms with Gasteiger partial charge in [0.05, 0.1) is 0 Å². The molecule has 1 aromatic carbocycles. The van der Waals surface area contributed by atoms with Gasteiger partial charge in [0, 0.05) is 19.7 Å². The molecule has 1 atom stereocenters. The highest BCUT2D eigenvalue weighted by molar-refractivity contribution is 5.17. The van der Waals surface area contributed by atoms with Gasteiger partial charge >= 0.3 is 0 Å². The zero-order valence-electron chi connectivity index (χ0n) is 11.2. The Balaban J connectivity index is 2.58. The molecule has 0 spiro atoms. The van der Waals surface area contributed by atoms with E-state index in [-0.39, 0.29) is 12.5 Å². The van der Waals surface area contributed by atoms with Gasteiger partial charge in [0.1, 0.15) is 0 Å². The molecular weight excluding hydrogens is 236 g/mol. The second-order valence-corrected chi connectivity index (χ2v) is 5.13. The lowest BCUT2D eigenvalue weighted by Crippen LogP contribution is -2.30. The topological polar surface area (TPSA) is 23.5 Å². The SMILES string of the molecule is CC(C)C(CO)CN(C)Cc1ccc(F)c(F)c1. The molecule has 0 aliphatic rings. The predicted molar refractivity (Wildman–Crippen MR) is 68.1 cm³/mol. The molecule has 0 radical (unpaired) electrons. The number of aliphatic hydroxyl groups is 1. The van der Waals surface area contributed by atoms with E-state index in [1.54, 1.807) is 6.07 Å². The van der Waals surface area contributed by atoms with Gasteiger partial charge in [0.25, 0.3) is 0 Å². The van der Waals surface area contributed by atoms with Crippen LogP contribution in [0.4, 0.5) is 8.78 Å². The Morgan fingerprint density at radius 2 is 1.89 bits per heavy atom. The van der Waals surface area contributed by atoms with Crippen molar-refractivity contribution in [1.82, 2.24) is 4.90 Å². The fourth-order valence-electron chi connectivity index (χ4n) is 1.89. The zero-order valence-corrected chi connectivity index (χ0v) is 11.2. The summed E-state index contributed by atoms with van der Waals surface area (Å²) in [4.78, 5) is 2.01. The lowest BCUT2D eigenvalue weighted by atomic mass is 9.96. The van der Waals surface area contributed by atoms with Crippen LogP contribution in [0.1, 0.15) is 19.4 Å². The summed E-state index contributed by atoms with van der Waals surface area (Å²) >= 11 is 0. The number of aliphatic hydroxyl groups excluding tert-OH is 1. The molecule has 0 saturated heterocycles. The van der Waals surface area contributed by atoms with Crippen LogP contribution >= 0.6 is 0 Å². The van der Waals surface area contributed by atoms with Crippen molar-refractivity contribution in [2.45, 2.75) is 20.4 Å². The number of hydrogen-bond acceptors (Lipinski definition) is 2. The highest BCUT2D eigenvalue weighted by Crippen LogP contribution is 2.14. The standard InChI is InChI=1S/C14H21F2NO/c1-10(2)12(9-18)8-17(3)7-11-4-5-13(15)14(16)6-11/h4-6,10,12,18H,7-9H2,1-3H3. The second kappa shape index (κ2) is 6.81. The summed E-state index contributed by atoms with van der Waals surface area (Å²) in [7, 11) is 1.91. The number of nitrogens with zero attached hydrogens (tertiary/aromatic N) is 1. The highest BCUT2D eigenvalue weighted by Gasteiger charge is 2.15. The molecule has 0 fully saturated rings. The molecule has 0 aromatic heterocycles. The summed E-state index contributed by atoms with van der Waals surface area (Å²) in [5.41, 5.74) is 0.733. The van der Waals surface area contributed by atoms with Gasteiger partial charge in [-0.2, -0.15) is 0 Å². The van der Waals surface area contributed by atoms with Crippen molar-refractivity contribution in [2.75, 3.05) is 20.2 Å². The van der Waals surface area contributed by atoms with E-state index in [1.165, 1.54) is 6.07 Å². The van der Waals surface area contributed by atoms with Crippen LogP contribution in [0, 0.1) is 23.5 Å². The minimum absolute atomic E-state index is 0.139. The third kappa shape index (κ3) is 4.35. The number of hydrogen-bond donors (Lipinski definition) is 1. The Hall–Kier alpha value is -1.00. The quantitative estimate of drug-likeness (QED) is 0.847. The number of halogens is 2. The van der Waals surface area contributed by atoms with Crippen LogP contribution in [0.15, 0.2) is 18.2 Å².